The zero-order chi connectivity index (χ0) is 13.7. The van der Waals surface area contributed by atoms with Crippen LogP contribution in [0.25, 0.3) is 0 Å². The van der Waals surface area contributed by atoms with Gasteiger partial charge in [-0.3, -0.25) is 4.79 Å². The van der Waals surface area contributed by atoms with Crippen molar-refractivity contribution >= 4 is 18.3 Å². The Morgan fingerprint density at radius 1 is 1.40 bits per heavy atom. The lowest BCUT2D eigenvalue weighted by Crippen LogP contribution is -2.51. The van der Waals surface area contributed by atoms with Crippen molar-refractivity contribution in [3.05, 3.63) is 29.8 Å². The summed E-state index contributed by atoms with van der Waals surface area (Å²) in [7, 11) is 0. The van der Waals surface area contributed by atoms with Crippen LogP contribution in [-0.4, -0.2) is 31.6 Å². The van der Waals surface area contributed by atoms with Crippen molar-refractivity contribution in [1.29, 1.82) is 0 Å². The highest BCUT2D eigenvalue weighted by Crippen LogP contribution is 2.12. The number of carbonyl (C=O) groups excluding carboxylic acids is 1. The lowest BCUT2D eigenvalue weighted by atomic mass is 9.95. The molecule has 0 aliphatic carbocycles. The number of nitrogens with one attached hydrogen (secondary N) is 2. The smallest absolute Gasteiger partial charge is 0.258 e. The molecule has 2 rings (SSSR count). The Morgan fingerprint density at radius 3 is 2.75 bits per heavy atom. The van der Waals surface area contributed by atoms with Crippen LogP contribution in [0.2, 0.25) is 0 Å². The zero-order valence-electron chi connectivity index (χ0n) is 12.0. The van der Waals surface area contributed by atoms with E-state index < -0.39 is 0 Å². The van der Waals surface area contributed by atoms with Crippen LogP contribution in [-0.2, 0) is 4.79 Å². The van der Waals surface area contributed by atoms with Gasteiger partial charge in [0, 0.05) is 12.6 Å². The fourth-order valence-corrected chi connectivity index (χ4v) is 2.21. The first-order valence-corrected chi connectivity index (χ1v) is 6.84. The normalized spacial score (nSPS) is 21.7. The topological polar surface area (TPSA) is 50.4 Å². The second kappa shape index (κ2) is 8.12. The van der Waals surface area contributed by atoms with Crippen LogP contribution in [0.3, 0.4) is 0 Å². The summed E-state index contributed by atoms with van der Waals surface area (Å²) in [5.41, 5.74) is 1.18. The van der Waals surface area contributed by atoms with Crippen molar-refractivity contribution < 1.29 is 9.53 Å². The van der Waals surface area contributed by atoms with Gasteiger partial charge in [-0.1, -0.05) is 24.6 Å². The number of hydrogen-bond donors (Lipinski definition) is 2. The van der Waals surface area contributed by atoms with E-state index in [0.717, 1.165) is 25.3 Å². The number of carbonyl (C=O) groups is 1. The summed E-state index contributed by atoms with van der Waals surface area (Å²) < 4.78 is 5.47. The van der Waals surface area contributed by atoms with Crippen LogP contribution >= 0.6 is 12.4 Å². The molecule has 1 amide bonds. The van der Waals surface area contributed by atoms with Crippen LogP contribution in [0.15, 0.2) is 24.3 Å². The molecule has 0 aromatic heterocycles. The molecule has 2 N–H and O–H groups in total. The Bertz CT molecular complexity index is 422. The summed E-state index contributed by atoms with van der Waals surface area (Å²) in [6, 6.07) is 7.92. The maximum atomic E-state index is 11.8. The van der Waals surface area contributed by atoms with E-state index in [1.807, 2.05) is 31.2 Å². The summed E-state index contributed by atoms with van der Waals surface area (Å²) in [5, 5.41) is 6.32. The van der Waals surface area contributed by atoms with Gasteiger partial charge in [0.25, 0.3) is 5.91 Å². The maximum Gasteiger partial charge on any atom is 0.258 e. The van der Waals surface area contributed by atoms with Gasteiger partial charge in [-0.25, -0.2) is 0 Å². The number of ether oxygens (including phenoxy) is 1. The van der Waals surface area contributed by atoms with Gasteiger partial charge in [-0.05, 0) is 37.9 Å². The van der Waals surface area contributed by atoms with Gasteiger partial charge in [0.05, 0.1) is 0 Å². The molecule has 1 saturated heterocycles. The molecule has 20 heavy (non-hydrogen) atoms. The first kappa shape index (κ1) is 16.8. The molecule has 1 aliphatic heterocycles. The zero-order valence-corrected chi connectivity index (χ0v) is 12.8. The minimum atomic E-state index is -0.0545. The van der Waals surface area contributed by atoms with Crippen LogP contribution in [0.1, 0.15) is 18.9 Å². The minimum absolute atomic E-state index is 0. The summed E-state index contributed by atoms with van der Waals surface area (Å²) >= 11 is 0. The number of benzene rings is 1. The van der Waals surface area contributed by atoms with Gasteiger partial charge in [0.15, 0.2) is 6.61 Å². The van der Waals surface area contributed by atoms with E-state index in [1.54, 1.807) is 0 Å². The molecule has 5 heteroatoms. The molecule has 0 spiro atoms. The van der Waals surface area contributed by atoms with Gasteiger partial charge in [-0.15, -0.1) is 12.4 Å². The fraction of sp³-hybridized carbons (Fsp3) is 0.533. The molecule has 0 saturated carbocycles. The molecule has 2 unspecified atom stereocenters. The molecule has 0 bridgehead atoms. The highest BCUT2D eigenvalue weighted by atomic mass is 35.5. The number of hydrogen-bond acceptors (Lipinski definition) is 3. The predicted molar refractivity (Wildman–Crippen MR) is 82.5 cm³/mol. The van der Waals surface area contributed by atoms with Crippen molar-refractivity contribution in [2.45, 2.75) is 26.3 Å². The molecule has 1 fully saturated rings. The lowest BCUT2D eigenvalue weighted by molar-refractivity contribution is -0.124. The molecular formula is C15H23ClN2O2. The van der Waals surface area contributed by atoms with Gasteiger partial charge in [0.2, 0.25) is 0 Å². The third kappa shape index (κ3) is 5.02. The SMILES string of the molecule is Cc1ccc(OCC(=O)NC2CNCCC2C)cc1.Cl. The average Bonchev–Trinajstić information content (AvgIpc) is 2.41. The summed E-state index contributed by atoms with van der Waals surface area (Å²) in [6.45, 7) is 6.15. The highest BCUT2D eigenvalue weighted by molar-refractivity contribution is 5.85. The Morgan fingerprint density at radius 2 is 2.10 bits per heavy atom. The number of rotatable bonds is 4. The monoisotopic (exact) mass is 298 g/mol. The second-order valence-corrected chi connectivity index (χ2v) is 5.25. The van der Waals surface area contributed by atoms with E-state index >= 15 is 0 Å². The summed E-state index contributed by atoms with van der Waals surface area (Å²) in [5.74, 6) is 1.20. The van der Waals surface area contributed by atoms with Gasteiger partial charge in [-0.2, -0.15) is 0 Å². The molecule has 1 aromatic rings. The summed E-state index contributed by atoms with van der Waals surface area (Å²) in [6.07, 6.45) is 1.10. The van der Waals surface area contributed by atoms with Crippen LogP contribution < -0.4 is 15.4 Å². The maximum absolute atomic E-state index is 11.8. The van der Waals surface area contributed by atoms with E-state index in [2.05, 4.69) is 17.6 Å². The minimum Gasteiger partial charge on any atom is -0.484 e. The average molecular weight is 299 g/mol. The first-order chi connectivity index (χ1) is 9.15. The molecule has 1 aromatic carbocycles. The molecule has 1 aliphatic rings. The molecule has 112 valence electrons. The molecule has 0 radical (unpaired) electrons. The largest absolute Gasteiger partial charge is 0.484 e. The standard InChI is InChI=1S/C15H22N2O2.ClH/c1-11-3-5-13(6-4-11)19-10-15(18)17-14-9-16-8-7-12(14)2;/h3-6,12,14,16H,7-10H2,1-2H3,(H,17,18);1H. The third-order valence-electron chi connectivity index (χ3n) is 3.56. The third-order valence-corrected chi connectivity index (χ3v) is 3.56. The van der Waals surface area contributed by atoms with Crippen LogP contribution in [0, 0.1) is 12.8 Å². The molecule has 4 nitrogen and oxygen atoms in total. The predicted octanol–water partition coefficient (Wildman–Crippen LogP) is 1.91. The Hall–Kier alpha value is -1.26. The van der Waals surface area contributed by atoms with E-state index in [0.29, 0.717) is 5.92 Å². The van der Waals surface area contributed by atoms with Gasteiger partial charge >= 0.3 is 0 Å². The highest BCUT2D eigenvalue weighted by Gasteiger charge is 2.22. The quantitative estimate of drug-likeness (QED) is 0.893. The first-order valence-electron chi connectivity index (χ1n) is 6.84. The summed E-state index contributed by atoms with van der Waals surface area (Å²) in [4.78, 5) is 11.8. The van der Waals surface area contributed by atoms with Crippen LogP contribution in [0.4, 0.5) is 0 Å². The van der Waals surface area contributed by atoms with Crippen molar-refractivity contribution in [2.75, 3.05) is 19.7 Å². The van der Waals surface area contributed by atoms with Crippen molar-refractivity contribution in [3.63, 3.8) is 0 Å². The lowest BCUT2D eigenvalue weighted by Gasteiger charge is -2.30. The number of amides is 1. The van der Waals surface area contributed by atoms with Gasteiger partial charge in [0.1, 0.15) is 5.75 Å². The van der Waals surface area contributed by atoms with E-state index in [-0.39, 0.29) is 31.0 Å². The fourth-order valence-electron chi connectivity index (χ4n) is 2.21. The number of aryl methyl sites for hydroxylation is 1. The Labute approximate surface area is 126 Å². The molecule has 1 heterocycles. The van der Waals surface area contributed by atoms with E-state index in [1.165, 1.54) is 5.56 Å². The van der Waals surface area contributed by atoms with Crippen molar-refractivity contribution in [1.82, 2.24) is 10.6 Å². The number of piperidine rings is 1. The Kier molecular flexibility index (Phi) is 6.82. The van der Waals surface area contributed by atoms with Crippen LogP contribution in [0.5, 0.6) is 5.75 Å². The van der Waals surface area contributed by atoms with Gasteiger partial charge < -0.3 is 15.4 Å². The second-order valence-electron chi connectivity index (χ2n) is 5.25. The van der Waals surface area contributed by atoms with E-state index in [9.17, 15) is 4.79 Å². The molecular weight excluding hydrogens is 276 g/mol. The Balaban J connectivity index is 0.00000200. The van der Waals surface area contributed by atoms with Crippen molar-refractivity contribution in [3.8, 4) is 5.75 Å². The number of halogens is 1. The van der Waals surface area contributed by atoms with E-state index in [4.69, 9.17) is 4.74 Å². The van der Waals surface area contributed by atoms with Crippen molar-refractivity contribution in [2.24, 2.45) is 5.92 Å². The molecule has 2 atom stereocenters.